The van der Waals surface area contributed by atoms with Gasteiger partial charge in [-0.2, -0.15) is 10.5 Å². The predicted octanol–water partition coefficient (Wildman–Crippen LogP) is 5.86. The average Bonchev–Trinajstić information content (AvgIpc) is 2.89. The maximum absolute atomic E-state index is 9.48. The van der Waals surface area contributed by atoms with Gasteiger partial charge in [-0.3, -0.25) is 0 Å². The van der Waals surface area contributed by atoms with E-state index in [0.29, 0.717) is 22.3 Å². The summed E-state index contributed by atoms with van der Waals surface area (Å²) in [5.41, 5.74) is 5.64. The second-order valence-corrected chi connectivity index (χ2v) is 7.22. The molecule has 0 aromatic heterocycles. The molecule has 4 rings (SSSR count). The number of nitriles is 2. The minimum Gasteiger partial charge on any atom is -0.507 e. The third-order valence-electron chi connectivity index (χ3n) is 5.02. The van der Waals surface area contributed by atoms with Crippen LogP contribution in [-0.2, 0) is 0 Å². The maximum Gasteiger partial charge on any atom is 0.124 e. The molecule has 4 aromatic carbocycles. The Kier molecular flexibility index (Phi) is 7.52. The molecule has 0 amide bonds. The second-order valence-electron chi connectivity index (χ2n) is 7.22. The molecule has 0 aliphatic rings. The maximum atomic E-state index is 9.48. The van der Waals surface area contributed by atoms with Gasteiger partial charge in [-0.05, 0) is 70.8 Å². The first kappa shape index (κ1) is 23.5. The smallest absolute Gasteiger partial charge is 0.124 e. The van der Waals surface area contributed by atoms with Gasteiger partial charge >= 0.3 is 0 Å². The summed E-state index contributed by atoms with van der Waals surface area (Å²) in [5, 5.41) is 51.0. The van der Waals surface area contributed by atoms with Crippen molar-refractivity contribution in [2.45, 2.75) is 0 Å². The van der Waals surface area contributed by atoms with Crippen LogP contribution in [0.2, 0.25) is 0 Å². The fourth-order valence-corrected chi connectivity index (χ4v) is 3.24. The van der Waals surface area contributed by atoms with Crippen LogP contribution in [0, 0.1) is 33.5 Å². The number of nitrogens with one attached hydrogen (secondary N) is 2. The standard InChI is InChI=1S/2C14H10N2O/c2*15-8-10-2-1-3-11(6-10)12-4-5-14(17)13(7-12)9-16/h2*1-7,9,16-17H. The first-order valence-corrected chi connectivity index (χ1v) is 10.2. The number of phenolic OH excluding ortho intramolecular Hbond substituents is 2. The number of benzene rings is 4. The largest absolute Gasteiger partial charge is 0.507 e. The van der Waals surface area contributed by atoms with Crippen molar-refractivity contribution in [2.75, 3.05) is 0 Å². The van der Waals surface area contributed by atoms with Gasteiger partial charge in [-0.1, -0.05) is 36.4 Å². The second kappa shape index (κ2) is 10.9. The van der Waals surface area contributed by atoms with E-state index >= 15 is 0 Å². The molecule has 0 fully saturated rings. The highest BCUT2D eigenvalue weighted by molar-refractivity contribution is 5.85. The van der Waals surface area contributed by atoms with Crippen LogP contribution >= 0.6 is 0 Å². The molecular weight excluding hydrogens is 424 g/mol. The Hall–Kier alpha value is -5.20. The Morgan fingerprint density at radius 3 is 1.29 bits per heavy atom. The van der Waals surface area contributed by atoms with Crippen molar-refractivity contribution < 1.29 is 10.2 Å². The van der Waals surface area contributed by atoms with E-state index in [1.807, 2.05) is 24.3 Å². The molecule has 0 bridgehead atoms. The number of hydrogen-bond donors (Lipinski definition) is 4. The highest BCUT2D eigenvalue weighted by Crippen LogP contribution is 2.26. The van der Waals surface area contributed by atoms with E-state index < -0.39 is 0 Å². The first-order valence-electron chi connectivity index (χ1n) is 10.2. The van der Waals surface area contributed by atoms with E-state index in [2.05, 4.69) is 12.1 Å². The van der Waals surface area contributed by atoms with Crippen molar-refractivity contribution >= 4 is 12.4 Å². The van der Waals surface area contributed by atoms with Gasteiger partial charge in [0.2, 0.25) is 0 Å². The summed E-state index contributed by atoms with van der Waals surface area (Å²) >= 11 is 0. The van der Waals surface area contributed by atoms with Crippen molar-refractivity contribution in [2.24, 2.45) is 0 Å². The van der Waals surface area contributed by atoms with E-state index in [1.54, 1.807) is 60.7 Å². The number of hydrogen-bond acceptors (Lipinski definition) is 6. The Balaban J connectivity index is 0.000000191. The molecule has 0 spiro atoms. The quantitative estimate of drug-likeness (QED) is 0.293. The molecule has 0 heterocycles. The van der Waals surface area contributed by atoms with Crippen molar-refractivity contribution in [3.8, 4) is 45.9 Å². The lowest BCUT2D eigenvalue weighted by Gasteiger charge is -2.04. The third kappa shape index (κ3) is 5.53. The normalized spacial score (nSPS) is 9.59. The van der Waals surface area contributed by atoms with Crippen LogP contribution in [0.5, 0.6) is 11.5 Å². The van der Waals surface area contributed by atoms with Gasteiger partial charge in [-0.15, -0.1) is 0 Å². The Labute approximate surface area is 197 Å². The van der Waals surface area contributed by atoms with Crippen LogP contribution in [0.1, 0.15) is 22.3 Å². The van der Waals surface area contributed by atoms with E-state index in [0.717, 1.165) is 34.7 Å². The predicted molar refractivity (Wildman–Crippen MR) is 132 cm³/mol. The minimum atomic E-state index is 0.0835. The molecule has 6 nitrogen and oxygen atoms in total. The Bertz CT molecular complexity index is 1330. The lowest BCUT2D eigenvalue weighted by molar-refractivity contribution is 0.474. The fraction of sp³-hybridized carbons (Fsp3) is 0. The number of nitrogens with zero attached hydrogens (tertiary/aromatic N) is 2. The zero-order valence-electron chi connectivity index (χ0n) is 18.0. The van der Waals surface area contributed by atoms with Gasteiger partial charge in [0.15, 0.2) is 0 Å². The van der Waals surface area contributed by atoms with Crippen LogP contribution in [0.4, 0.5) is 0 Å². The Morgan fingerprint density at radius 2 is 0.941 bits per heavy atom. The SMILES string of the molecule is N#Cc1cccc(-c2ccc(O)c(C=N)c2)c1.N#Cc1cccc(-c2ccc(O)c(C=N)c2)c1. The van der Waals surface area contributed by atoms with E-state index in [9.17, 15) is 10.2 Å². The van der Waals surface area contributed by atoms with Gasteiger partial charge in [0, 0.05) is 23.6 Å². The lowest BCUT2D eigenvalue weighted by Crippen LogP contribution is -1.85. The van der Waals surface area contributed by atoms with Crippen molar-refractivity contribution in [3.05, 3.63) is 107 Å². The molecule has 164 valence electrons. The first-order chi connectivity index (χ1) is 16.5. The molecule has 0 radical (unpaired) electrons. The fourth-order valence-electron chi connectivity index (χ4n) is 3.24. The van der Waals surface area contributed by atoms with Crippen LogP contribution in [0.15, 0.2) is 84.9 Å². The van der Waals surface area contributed by atoms with E-state index in [1.165, 1.54) is 0 Å². The topological polar surface area (TPSA) is 136 Å². The zero-order valence-corrected chi connectivity index (χ0v) is 18.0. The zero-order chi connectivity index (χ0) is 24.5. The molecule has 34 heavy (non-hydrogen) atoms. The van der Waals surface area contributed by atoms with Gasteiger partial charge in [-0.25, -0.2) is 0 Å². The van der Waals surface area contributed by atoms with Crippen molar-refractivity contribution in [3.63, 3.8) is 0 Å². The molecule has 4 N–H and O–H groups in total. The highest BCUT2D eigenvalue weighted by Gasteiger charge is 2.04. The molecule has 4 aromatic rings. The van der Waals surface area contributed by atoms with Crippen LogP contribution in [0.25, 0.3) is 22.3 Å². The molecule has 0 aliphatic carbocycles. The Morgan fingerprint density at radius 1 is 0.559 bits per heavy atom. The summed E-state index contributed by atoms with van der Waals surface area (Å²) in [5.74, 6) is 0.167. The molecule has 0 unspecified atom stereocenters. The molecule has 0 saturated heterocycles. The molecule has 0 aliphatic heterocycles. The summed E-state index contributed by atoms with van der Waals surface area (Å²) in [6.45, 7) is 0. The summed E-state index contributed by atoms with van der Waals surface area (Å²) in [7, 11) is 0. The van der Waals surface area contributed by atoms with Crippen LogP contribution in [-0.4, -0.2) is 22.6 Å². The third-order valence-corrected chi connectivity index (χ3v) is 5.02. The summed E-state index contributed by atoms with van der Waals surface area (Å²) in [6, 6.07) is 28.7. The van der Waals surface area contributed by atoms with Crippen molar-refractivity contribution in [1.29, 1.82) is 21.3 Å². The van der Waals surface area contributed by atoms with Gasteiger partial charge < -0.3 is 21.0 Å². The summed E-state index contributed by atoms with van der Waals surface area (Å²) < 4.78 is 0. The molecule has 0 saturated carbocycles. The van der Waals surface area contributed by atoms with E-state index in [-0.39, 0.29) is 11.5 Å². The number of aromatic hydroxyl groups is 2. The average molecular weight is 444 g/mol. The monoisotopic (exact) mass is 444 g/mol. The van der Waals surface area contributed by atoms with E-state index in [4.69, 9.17) is 21.3 Å². The number of phenols is 2. The minimum absolute atomic E-state index is 0.0835. The highest BCUT2D eigenvalue weighted by atomic mass is 16.3. The lowest BCUT2D eigenvalue weighted by atomic mass is 10.0. The van der Waals surface area contributed by atoms with Crippen LogP contribution in [0.3, 0.4) is 0 Å². The summed E-state index contributed by atoms with van der Waals surface area (Å²) in [6.07, 6.45) is 2.21. The molecule has 6 heteroatoms. The molecular formula is C28H20N4O2. The van der Waals surface area contributed by atoms with Crippen LogP contribution < -0.4 is 0 Å². The van der Waals surface area contributed by atoms with Gasteiger partial charge in [0.1, 0.15) is 11.5 Å². The number of rotatable bonds is 4. The van der Waals surface area contributed by atoms with Crippen molar-refractivity contribution in [1.82, 2.24) is 0 Å². The van der Waals surface area contributed by atoms with Gasteiger partial charge in [0.25, 0.3) is 0 Å². The van der Waals surface area contributed by atoms with Gasteiger partial charge in [0.05, 0.1) is 23.3 Å². The molecule has 0 atom stereocenters. The summed E-state index contributed by atoms with van der Waals surface area (Å²) in [4.78, 5) is 0.